The van der Waals surface area contributed by atoms with Gasteiger partial charge in [0.25, 0.3) is 5.91 Å². The Kier molecular flexibility index (Phi) is 3.71. The van der Waals surface area contributed by atoms with Gasteiger partial charge in [-0.05, 0) is 19.1 Å². The Hall–Kier alpha value is -1.29. The van der Waals surface area contributed by atoms with Crippen molar-refractivity contribution < 1.29 is 14.3 Å². The second kappa shape index (κ2) is 4.81. The third kappa shape index (κ3) is 2.88. The van der Waals surface area contributed by atoms with Gasteiger partial charge in [0.05, 0.1) is 6.10 Å². The Labute approximate surface area is 82.9 Å². The van der Waals surface area contributed by atoms with E-state index < -0.39 is 6.10 Å². The number of furan rings is 1. The van der Waals surface area contributed by atoms with Crippen molar-refractivity contribution >= 4 is 5.91 Å². The van der Waals surface area contributed by atoms with E-state index >= 15 is 0 Å². The van der Waals surface area contributed by atoms with Gasteiger partial charge in [-0.1, -0.05) is 6.92 Å². The number of carbonyl (C=O) groups is 1. The van der Waals surface area contributed by atoms with Crippen molar-refractivity contribution in [3.8, 4) is 0 Å². The molecule has 1 amide bonds. The fourth-order valence-electron chi connectivity index (χ4n) is 1.02. The van der Waals surface area contributed by atoms with Crippen molar-refractivity contribution in [2.24, 2.45) is 0 Å². The summed E-state index contributed by atoms with van der Waals surface area (Å²) in [6, 6.07) is 3.41. The summed E-state index contributed by atoms with van der Waals surface area (Å²) in [5.74, 6) is 0.792. The Morgan fingerprint density at radius 3 is 2.86 bits per heavy atom. The molecule has 1 heterocycles. The number of aliphatic hydroxyl groups excluding tert-OH is 1. The van der Waals surface area contributed by atoms with Crippen LogP contribution in [0, 0.1) is 0 Å². The summed E-state index contributed by atoms with van der Waals surface area (Å²) in [6.07, 6.45) is 0.225. The van der Waals surface area contributed by atoms with E-state index in [0.29, 0.717) is 5.76 Å². The number of hydrogen-bond acceptors (Lipinski definition) is 3. The van der Waals surface area contributed by atoms with Crippen molar-refractivity contribution in [2.45, 2.75) is 26.4 Å². The molecule has 0 bridgehead atoms. The molecule has 0 aliphatic heterocycles. The summed E-state index contributed by atoms with van der Waals surface area (Å²) >= 11 is 0. The van der Waals surface area contributed by atoms with Crippen LogP contribution in [0.3, 0.4) is 0 Å². The van der Waals surface area contributed by atoms with Gasteiger partial charge in [0.15, 0.2) is 5.76 Å². The quantitative estimate of drug-likeness (QED) is 0.755. The minimum Gasteiger partial charge on any atom is -0.456 e. The van der Waals surface area contributed by atoms with Crippen LogP contribution in [-0.2, 0) is 6.42 Å². The lowest BCUT2D eigenvalue weighted by atomic mass is 10.3. The molecule has 0 aromatic carbocycles. The van der Waals surface area contributed by atoms with E-state index in [4.69, 9.17) is 9.52 Å². The molecule has 0 aliphatic carbocycles. The largest absolute Gasteiger partial charge is 0.456 e. The molecule has 0 radical (unpaired) electrons. The van der Waals surface area contributed by atoms with Crippen molar-refractivity contribution in [1.29, 1.82) is 0 Å². The summed E-state index contributed by atoms with van der Waals surface area (Å²) in [5.41, 5.74) is 0. The van der Waals surface area contributed by atoms with Gasteiger partial charge in [0.2, 0.25) is 0 Å². The highest BCUT2D eigenvalue weighted by Crippen LogP contribution is 2.07. The van der Waals surface area contributed by atoms with Crippen LogP contribution in [-0.4, -0.2) is 23.7 Å². The molecule has 0 saturated carbocycles. The molecule has 78 valence electrons. The van der Waals surface area contributed by atoms with E-state index in [1.807, 2.05) is 6.92 Å². The number of nitrogens with one attached hydrogen (secondary N) is 1. The molecule has 0 spiro atoms. The second-order valence-electron chi connectivity index (χ2n) is 3.18. The van der Waals surface area contributed by atoms with Crippen LogP contribution < -0.4 is 5.32 Å². The highest BCUT2D eigenvalue weighted by Gasteiger charge is 2.10. The number of aryl methyl sites for hydroxylation is 1. The molecule has 14 heavy (non-hydrogen) atoms. The topological polar surface area (TPSA) is 62.5 Å². The fraction of sp³-hybridized carbons (Fsp3) is 0.500. The minimum atomic E-state index is -0.542. The van der Waals surface area contributed by atoms with Crippen molar-refractivity contribution in [3.05, 3.63) is 23.7 Å². The summed E-state index contributed by atoms with van der Waals surface area (Å²) in [7, 11) is 0. The smallest absolute Gasteiger partial charge is 0.287 e. The fourth-order valence-corrected chi connectivity index (χ4v) is 1.02. The third-order valence-corrected chi connectivity index (χ3v) is 1.79. The highest BCUT2D eigenvalue weighted by atomic mass is 16.3. The molecule has 0 saturated heterocycles. The van der Waals surface area contributed by atoms with Crippen LogP contribution in [0.15, 0.2) is 16.5 Å². The maximum absolute atomic E-state index is 11.4. The van der Waals surface area contributed by atoms with Crippen molar-refractivity contribution in [2.75, 3.05) is 6.54 Å². The second-order valence-corrected chi connectivity index (χ2v) is 3.18. The van der Waals surface area contributed by atoms with Gasteiger partial charge in [-0.15, -0.1) is 0 Å². The highest BCUT2D eigenvalue weighted by molar-refractivity contribution is 5.91. The molecular formula is C10H15NO3. The Bertz CT molecular complexity index is 304. The van der Waals surface area contributed by atoms with E-state index in [1.54, 1.807) is 19.1 Å². The summed E-state index contributed by atoms with van der Waals surface area (Å²) in [4.78, 5) is 11.4. The monoisotopic (exact) mass is 197 g/mol. The lowest BCUT2D eigenvalue weighted by Crippen LogP contribution is -2.30. The zero-order valence-electron chi connectivity index (χ0n) is 8.41. The molecule has 1 aromatic heterocycles. The van der Waals surface area contributed by atoms with Crippen LogP contribution in [0.1, 0.15) is 30.2 Å². The zero-order valence-corrected chi connectivity index (χ0v) is 8.41. The predicted octanol–water partition coefficient (Wildman–Crippen LogP) is 0.953. The number of carbonyl (C=O) groups excluding carboxylic acids is 1. The van der Waals surface area contributed by atoms with Crippen molar-refractivity contribution in [3.63, 3.8) is 0 Å². The Balaban J connectivity index is 2.52. The molecule has 1 atom stereocenters. The van der Waals surface area contributed by atoms with E-state index in [2.05, 4.69) is 5.32 Å². The van der Waals surface area contributed by atoms with Crippen molar-refractivity contribution in [1.82, 2.24) is 5.32 Å². The maximum atomic E-state index is 11.4. The number of amides is 1. The third-order valence-electron chi connectivity index (χ3n) is 1.79. The van der Waals surface area contributed by atoms with Crippen LogP contribution in [0.2, 0.25) is 0 Å². The molecule has 0 fully saturated rings. The predicted molar refractivity (Wildman–Crippen MR) is 52.1 cm³/mol. The summed E-state index contributed by atoms with van der Waals surface area (Å²) in [5, 5.41) is 11.5. The average Bonchev–Trinajstić information content (AvgIpc) is 2.62. The van der Waals surface area contributed by atoms with Crippen LogP contribution in [0.4, 0.5) is 0 Å². The van der Waals surface area contributed by atoms with Crippen LogP contribution in [0.25, 0.3) is 0 Å². The molecule has 4 nitrogen and oxygen atoms in total. The first-order valence-corrected chi connectivity index (χ1v) is 4.68. The van der Waals surface area contributed by atoms with Gasteiger partial charge >= 0.3 is 0 Å². The van der Waals surface area contributed by atoms with E-state index in [1.165, 1.54) is 0 Å². The van der Waals surface area contributed by atoms with Crippen LogP contribution in [0.5, 0.6) is 0 Å². The lowest BCUT2D eigenvalue weighted by molar-refractivity contribution is 0.0895. The Morgan fingerprint density at radius 1 is 1.64 bits per heavy atom. The number of aliphatic hydroxyl groups is 1. The first-order valence-electron chi connectivity index (χ1n) is 4.68. The molecule has 1 aromatic rings. The number of hydrogen-bond donors (Lipinski definition) is 2. The first-order chi connectivity index (χ1) is 6.63. The molecule has 4 heteroatoms. The molecule has 1 rings (SSSR count). The van der Waals surface area contributed by atoms with Gasteiger partial charge in [-0.3, -0.25) is 4.79 Å². The van der Waals surface area contributed by atoms with E-state index in [0.717, 1.165) is 12.2 Å². The van der Waals surface area contributed by atoms with E-state index in [-0.39, 0.29) is 12.5 Å². The molecule has 0 unspecified atom stereocenters. The minimum absolute atomic E-state index is 0.237. The molecule has 2 N–H and O–H groups in total. The maximum Gasteiger partial charge on any atom is 0.287 e. The summed E-state index contributed by atoms with van der Waals surface area (Å²) < 4.78 is 5.23. The van der Waals surface area contributed by atoms with Gasteiger partial charge in [0, 0.05) is 13.0 Å². The normalized spacial score (nSPS) is 12.5. The van der Waals surface area contributed by atoms with Gasteiger partial charge < -0.3 is 14.8 Å². The SMILES string of the molecule is CCc1ccc(C(=O)NC[C@H](C)O)o1. The van der Waals surface area contributed by atoms with E-state index in [9.17, 15) is 4.79 Å². The number of rotatable bonds is 4. The molecule has 0 aliphatic rings. The zero-order chi connectivity index (χ0) is 10.6. The molecular weight excluding hydrogens is 182 g/mol. The van der Waals surface area contributed by atoms with Gasteiger partial charge in [-0.2, -0.15) is 0 Å². The lowest BCUT2D eigenvalue weighted by Gasteiger charge is -2.04. The Morgan fingerprint density at radius 2 is 2.36 bits per heavy atom. The first kappa shape index (κ1) is 10.8. The standard InChI is InChI=1S/C10H15NO3/c1-3-8-4-5-9(14-8)10(13)11-6-7(2)12/h4-5,7,12H,3,6H2,1-2H3,(H,11,13)/t7-/m0/s1. The summed E-state index contributed by atoms with van der Waals surface area (Å²) in [6.45, 7) is 3.80. The van der Waals surface area contributed by atoms with Gasteiger partial charge in [0.1, 0.15) is 5.76 Å². The average molecular weight is 197 g/mol. The van der Waals surface area contributed by atoms with Gasteiger partial charge in [-0.25, -0.2) is 0 Å². The van der Waals surface area contributed by atoms with Crippen LogP contribution >= 0.6 is 0 Å².